The van der Waals surface area contributed by atoms with Crippen molar-refractivity contribution in [1.82, 2.24) is 20.0 Å². The predicted molar refractivity (Wildman–Crippen MR) is 173 cm³/mol. The van der Waals surface area contributed by atoms with Gasteiger partial charge in [0, 0.05) is 56.4 Å². The van der Waals surface area contributed by atoms with Gasteiger partial charge in [0.2, 0.25) is 15.7 Å². The fourth-order valence-electron chi connectivity index (χ4n) is 7.97. The number of hydrogen-bond acceptors (Lipinski definition) is 7. The second-order valence-electron chi connectivity index (χ2n) is 12.9. The van der Waals surface area contributed by atoms with Crippen molar-refractivity contribution in [2.45, 2.75) is 53.4 Å². The van der Waals surface area contributed by atoms with E-state index in [4.69, 9.17) is 0 Å². The molecule has 1 aliphatic carbocycles. The first-order valence-corrected chi connectivity index (χ1v) is 17.4. The molecular weight excluding hydrogens is 584 g/mol. The van der Waals surface area contributed by atoms with E-state index in [1.54, 1.807) is 19.2 Å². The zero-order valence-corrected chi connectivity index (χ0v) is 26.7. The second-order valence-corrected chi connectivity index (χ2v) is 14.8. The largest absolute Gasteiger partial charge is 0.371 e. The summed E-state index contributed by atoms with van der Waals surface area (Å²) in [5.74, 6) is 0.661. The van der Waals surface area contributed by atoms with Crippen molar-refractivity contribution >= 4 is 21.4 Å². The van der Waals surface area contributed by atoms with Gasteiger partial charge in [-0.2, -0.15) is 10.4 Å². The first-order chi connectivity index (χ1) is 21.7. The summed E-state index contributed by atoms with van der Waals surface area (Å²) in [6.45, 7) is 8.44. The molecule has 2 aromatic carbocycles. The van der Waals surface area contributed by atoms with Crippen molar-refractivity contribution in [2.24, 2.45) is 24.8 Å². The van der Waals surface area contributed by atoms with Gasteiger partial charge in [0.15, 0.2) is 0 Å². The van der Waals surface area contributed by atoms with Crippen LogP contribution in [-0.4, -0.2) is 67.8 Å². The molecule has 0 bridgehead atoms. The molecule has 10 heteroatoms. The molecule has 1 saturated carbocycles. The molecule has 3 aliphatic rings. The molecule has 45 heavy (non-hydrogen) atoms. The lowest BCUT2D eigenvalue weighted by Gasteiger charge is -2.48. The molecule has 236 valence electrons. The van der Waals surface area contributed by atoms with Gasteiger partial charge in [-0.3, -0.25) is 9.48 Å². The third-order valence-electron chi connectivity index (χ3n) is 10.3. The zero-order valence-electron chi connectivity index (χ0n) is 25.9. The maximum atomic E-state index is 12.9. The topological polar surface area (TPSA) is 111 Å². The Morgan fingerprint density at radius 3 is 2.40 bits per heavy atom. The molecule has 0 radical (unpaired) electrons. The Labute approximate surface area is 266 Å². The molecule has 2 saturated heterocycles. The van der Waals surface area contributed by atoms with Gasteiger partial charge in [-0.05, 0) is 80.6 Å². The van der Waals surface area contributed by atoms with E-state index in [1.165, 1.54) is 23.2 Å². The molecule has 0 spiro atoms. The molecule has 3 aromatic rings. The second kappa shape index (κ2) is 12.8. The number of likely N-dealkylation sites (tertiary alicyclic amines) is 1. The molecule has 1 N–H and O–H groups in total. The summed E-state index contributed by atoms with van der Waals surface area (Å²) in [5, 5.41) is 18.1. The van der Waals surface area contributed by atoms with Gasteiger partial charge in [0.05, 0.1) is 22.6 Å². The predicted octanol–water partition coefficient (Wildman–Crippen LogP) is 4.33. The van der Waals surface area contributed by atoms with Crippen LogP contribution in [0.15, 0.2) is 89.4 Å². The lowest BCUT2D eigenvalue weighted by molar-refractivity contribution is -0.117. The number of sulfone groups is 1. The maximum Gasteiger partial charge on any atom is 0.243 e. The number of nitrogens with zero attached hydrogens (tertiary/aromatic N) is 5. The third-order valence-corrected chi connectivity index (χ3v) is 12.0. The lowest BCUT2D eigenvalue weighted by atomic mass is 9.59. The van der Waals surface area contributed by atoms with Gasteiger partial charge < -0.3 is 15.1 Å². The van der Waals surface area contributed by atoms with Crippen molar-refractivity contribution in [3.63, 3.8) is 0 Å². The van der Waals surface area contributed by atoms with E-state index in [0.717, 1.165) is 76.1 Å². The molecule has 3 atom stereocenters. The lowest BCUT2D eigenvalue weighted by Crippen LogP contribution is -2.55. The molecule has 1 amide bonds. The average Bonchev–Trinajstić information content (AvgIpc) is 3.70. The molecule has 9 nitrogen and oxygen atoms in total. The highest BCUT2D eigenvalue weighted by Gasteiger charge is 2.52. The summed E-state index contributed by atoms with van der Waals surface area (Å²) >= 11 is 0. The van der Waals surface area contributed by atoms with Crippen molar-refractivity contribution < 1.29 is 13.2 Å². The van der Waals surface area contributed by atoms with Crippen LogP contribution in [0, 0.1) is 29.1 Å². The maximum absolute atomic E-state index is 12.9. The summed E-state index contributed by atoms with van der Waals surface area (Å²) in [7, 11) is -1.88. The van der Waals surface area contributed by atoms with Crippen LogP contribution >= 0.6 is 0 Å². The molecule has 3 fully saturated rings. The number of benzene rings is 2. The van der Waals surface area contributed by atoms with E-state index in [-0.39, 0.29) is 33.6 Å². The third kappa shape index (κ3) is 6.03. The van der Waals surface area contributed by atoms with Crippen LogP contribution in [-0.2, 0) is 27.1 Å². The summed E-state index contributed by atoms with van der Waals surface area (Å²) in [6.07, 6.45) is 8.94. The van der Waals surface area contributed by atoms with Crippen LogP contribution in [0.5, 0.6) is 0 Å². The number of hydrogen-bond donors (Lipinski definition) is 1. The molecule has 3 heterocycles. The van der Waals surface area contributed by atoms with Crippen LogP contribution in [0.4, 0.5) is 5.69 Å². The Balaban J connectivity index is 1.07. The van der Waals surface area contributed by atoms with E-state index in [1.807, 2.05) is 30.3 Å². The van der Waals surface area contributed by atoms with Crippen LogP contribution < -0.4 is 10.2 Å². The van der Waals surface area contributed by atoms with Crippen LogP contribution in [0.1, 0.15) is 37.7 Å². The fourth-order valence-corrected chi connectivity index (χ4v) is 9.21. The number of amides is 1. The molecular formula is C35H42N6O3S. The monoisotopic (exact) mass is 626 g/mol. The first kappa shape index (κ1) is 31.1. The van der Waals surface area contributed by atoms with Gasteiger partial charge in [-0.15, -0.1) is 0 Å². The highest BCUT2D eigenvalue weighted by atomic mass is 32.2. The molecule has 6 rings (SSSR count). The van der Waals surface area contributed by atoms with E-state index in [9.17, 15) is 18.5 Å². The number of piperidine rings is 1. The zero-order chi connectivity index (χ0) is 31.6. The molecule has 1 unspecified atom stereocenters. The standard InChI is InChI=1S/C35H42N6O3S/c1-3-34(42)38-33-11-7-10-32(33)35(25-36,27-8-5-4-6-9-27)28-16-18-40(19-17-28)21-26-22-41(23-26)29-12-14-30(15-13-29)45(43,44)31-20-37-39(2)24-31/h3-6,8-9,12-15,20,24,26,28,32-33H,1,7,10-11,16-19,21-23H2,2H3,(H,38,42)/t32-,33-,35?/m0/s1. The van der Waals surface area contributed by atoms with Crippen molar-refractivity contribution in [3.05, 3.63) is 85.2 Å². The highest BCUT2D eigenvalue weighted by molar-refractivity contribution is 7.91. The van der Waals surface area contributed by atoms with Crippen molar-refractivity contribution in [3.8, 4) is 6.07 Å². The minimum atomic E-state index is -3.58. The number of nitrogens with one attached hydrogen (secondary N) is 1. The van der Waals surface area contributed by atoms with E-state index < -0.39 is 15.3 Å². The van der Waals surface area contributed by atoms with Crippen LogP contribution in [0.25, 0.3) is 0 Å². The minimum absolute atomic E-state index is 0.0288. The normalized spacial score (nSPS) is 22.7. The number of carbonyl (C=O) groups is 1. The van der Waals surface area contributed by atoms with Gasteiger partial charge in [-0.25, -0.2) is 8.42 Å². The summed E-state index contributed by atoms with van der Waals surface area (Å²) in [6, 6.07) is 20.2. The molecule has 1 aromatic heterocycles. The van der Waals surface area contributed by atoms with Crippen molar-refractivity contribution in [2.75, 3.05) is 37.6 Å². The summed E-state index contributed by atoms with van der Waals surface area (Å²) in [5.41, 5.74) is 1.46. The van der Waals surface area contributed by atoms with Gasteiger partial charge >= 0.3 is 0 Å². The van der Waals surface area contributed by atoms with E-state index in [0.29, 0.717) is 5.92 Å². The Bertz CT molecular complexity index is 1650. The van der Waals surface area contributed by atoms with E-state index in [2.05, 4.69) is 45.0 Å². The van der Waals surface area contributed by atoms with Crippen molar-refractivity contribution in [1.29, 1.82) is 5.26 Å². The number of aryl methyl sites for hydroxylation is 1. The summed E-state index contributed by atoms with van der Waals surface area (Å²) in [4.78, 5) is 17.6. The Morgan fingerprint density at radius 1 is 1.07 bits per heavy atom. The quantitative estimate of drug-likeness (QED) is 0.334. The Kier molecular flexibility index (Phi) is 8.85. The Hall–Kier alpha value is -3.94. The summed E-state index contributed by atoms with van der Waals surface area (Å²) < 4.78 is 27.3. The number of carbonyl (C=O) groups excluding carboxylic acids is 1. The number of rotatable bonds is 10. The minimum Gasteiger partial charge on any atom is -0.371 e. The van der Waals surface area contributed by atoms with Crippen LogP contribution in [0.2, 0.25) is 0 Å². The fraction of sp³-hybridized carbons (Fsp3) is 0.457. The van der Waals surface area contributed by atoms with Gasteiger partial charge in [-0.1, -0.05) is 43.3 Å². The SMILES string of the molecule is C=CC(=O)N[C@H]1CCC[C@@H]1C(C#N)(c1ccccc1)C1CCN(CC2CN(c3ccc(S(=O)(=O)c4cnn(C)c4)cc3)C2)CC1. The smallest absolute Gasteiger partial charge is 0.243 e. The Morgan fingerprint density at radius 2 is 1.78 bits per heavy atom. The number of aromatic nitrogens is 2. The number of anilines is 1. The highest BCUT2D eigenvalue weighted by Crippen LogP contribution is 2.50. The average molecular weight is 627 g/mol. The van der Waals surface area contributed by atoms with Gasteiger partial charge in [0.25, 0.3) is 0 Å². The van der Waals surface area contributed by atoms with Crippen LogP contribution in [0.3, 0.4) is 0 Å². The van der Waals surface area contributed by atoms with Gasteiger partial charge in [0.1, 0.15) is 4.90 Å². The molecule has 2 aliphatic heterocycles. The van der Waals surface area contributed by atoms with E-state index >= 15 is 0 Å². The number of nitriles is 1. The first-order valence-electron chi connectivity index (χ1n) is 16.0.